The van der Waals surface area contributed by atoms with E-state index in [-0.39, 0.29) is 6.04 Å². The predicted molar refractivity (Wildman–Crippen MR) is 66.4 cm³/mol. The molecule has 5 heteroatoms. The molecule has 0 aliphatic carbocycles. The lowest BCUT2D eigenvalue weighted by atomic mass is 10.0. The highest BCUT2D eigenvalue weighted by atomic mass is 32.2. The van der Waals surface area contributed by atoms with Crippen LogP contribution < -0.4 is 10.5 Å². The van der Waals surface area contributed by atoms with Crippen molar-refractivity contribution in [1.29, 1.82) is 0 Å². The highest BCUT2D eigenvalue weighted by Gasteiger charge is 2.27. The van der Waals surface area contributed by atoms with Gasteiger partial charge in [0, 0.05) is 17.0 Å². The molecule has 2 rings (SSSR count). The molecule has 1 heterocycles. The molecule has 0 saturated carbocycles. The standard InChI is InChI=1S/C12H15NO3S/c1-8(13)5-9-7-17(14,15)12-4-3-10(16-2)6-11(9)12/h3-4,6-8H,5,13H2,1-2H3. The van der Waals surface area contributed by atoms with E-state index in [0.29, 0.717) is 22.6 Å². The summed E-state index contributed by atoms with van der Waals surface area (Å²) in [5.41, 5.74) is 7.19. The summed E-state index contributed by atoms with van der Waals surface area (Å²) in [6.45, 7) is 1.85. The van der Waals surface area contributed by atoms with Crippen LogP contribution >= 0.6 is 0 Å². The van der Waals surface area contributed by atoms with E-state index in [1.807, 2.05) is 6.92 Å². The molecule has 0 spiro atoms. The fourth-order valence-corrected chi connectivity index (χ4v) is 3.43. The van der Waals surface area contributed by atoms with Gasteiger partial charge in [0.25, 0.3) is 0 Å². The second-order valence-electron chi connectivity index (χ2n) is 4.23. The van der Waals surface area contributed by atoms with Crippen LogP contribution in [0.15, 0.2) is 28.5 Å². The Morgan fingerprint density at radius 1 is 1.41 bits per heavy atom. The van der Waals surface area contributed by atoms with Gasteiger partial charge in [-0.3, -0.25) is 0 Å². The van der Waals surface area contributed by atoms with Gasteiger partial charge in [-0.25, -0.2) is 8.42 Å². The first-order valence-electron chi connectivity index (χ1n) is 5.33. The van der Waals surface area contributed by atoms with Crippen molar-refractivity contribution in [2.75, 3.05) is 7.11 Å². The first kappa shape index (κ1) is 12.1. The van der Waals surface area contributed by atoms with Gasteiger partial charge < -0.3 is 10.5 Å². The van der Waals surface area contributed by atoms with Crippen molar-refractivity contribution in [2.45, 2.75) is 24.3 Å². The predicted octanol–water partition coefficient (Wildman–Crippen LogP) is 1.56. The lowest BCUT2D eigenvalue weighted by Gasteiger charge is -2.08. The lowest BCUT2D eigenvalue weighted by molar-refractivity contribution is 0.414. The minimum Gasteiger partial charge on any atom is -0.497 e. The average molecular weight is 253 g/mol. The summed E-state index contributed by atoms with van der Waals surface area (Å²) >= 11 is 0. The largest absolute Gasteiger partial charge is 0.497 e. The first-order valence-corrected chi connectivity index (χ1v) is 6.88. The molecule has 1 atom stereocenters. The Bertz CT molecular complexity index is 573. The van der Waals surface area contributed by atoms with Gasteiger partial charge >= 0.3 is 0 Å². The molecule has 4 nitrogen and oxygen atoms in total. The summed E-state index contributed by atoms with van der Waals surface area (Å²) in [5.74, 6) is 0.649. The van der Waals surface area contributed by atoms with E-state index in [0.717, 1.165) is 5.57 Å². The van der Waals surface area contributed by atoms with Gasteiger partial charge in [0.05, 0.1) is 12.0 Å². The second kappa shape index (κ2) is 4.16. The van der Waals surface area contributed by atoms with Gasteiger partial charge in [0.2, 0.25) is 9.84 Å². The fourth-order valence-electron chi connectivity index (χ4n) is 1.95. The molecule has 0 fully saturated rings. The molecule has 0 bridgehead atoms. The number of hydrogen-bond donors (Lipinski definition) is 1. The maximum atomic E-state index is 11.9. The fraction of sp³-hybridized carbons (Fsp3) is 0.333. The summed E-state index contributed by atoms with van der Waals surface area (Å²) in [7, 11) is -1.74. The molecule has 1 aliphatic heterocycles. The minimum absolute atomic E-state index is 0.0754. The normalized spacial score (nSPS) is 18.4. The van der Waals surface area contributed by atoms with Crippen molar-refractivity contribution in [3.8, 4) is 5.75 Å². The van der Waals surface area contributed by atoms with E-state index in [1.54, 1.807) is 25.3 Å². The molecular formula is C12H15NO3S. The number of sulfone groups is 1. The zero-order valence-corrected chi connectivity index (χ0v) is 10.6. The van der Waals surface area contributed by atoms with Crippen molar-refractivity contribution in [2.24, 2.45) is 5.73 Å². The van der Waals surface area contributed by atoms with Crippen LogP contribution in [-0.4, -0.2) is 21.6 Å². The summed E-state index contributed by atoms with van der Waals surface area (Å²) < 4.78 is 28.9. The van der Waals surface area contributed by atoms with Gasteiger partial charge in [-0.1, -0.05) is 0 Å². The van der Waals surface area contributed by atoms with Gasteiger partial charge in [0.1, 0.15) is 5.75 Å². The summed E-state index contributed by atoms with van der Waals surface area (Å²) in [4.78, 5) is 0.342. The van der Waals surface area contributed by atoms with Crippen molar-refractivity contribution < 1.29 is 13.2 Å². The number of methoxy groups -OCH3 is 1. The number of hydrogen-bond acceptors (Lipinski definition) is 4. The molecule has 0 amide bonds. The van der Waals surface area contributed by atoms with E-state index in [2.05, 4.69) is 0 Å². The van der Waals surface area contributed by atoms with Crippen LogP contribution in [0.5, 0.6) is 5.75 Å². The highest BCUT2D eigenvalue weighted by molar-refractivity contribution is 7.95. The molecule has 1 aliphatic rings. The molecule has 2 N–H and O–H groups in total. The molecule has 0 aromatic heterocycles. The zero-order chi connectivity index (χ0) is 12.6. The van der Waals surface area contributed by atoms with E-state index >= 15 is 0 Å². The second-order valence-corrected chi connectivity index (χ2v) is 6.00. The monoisotopic (exact) mass is 253 g/mol. The van der Waals surface area contributed by atoms with Crippen LogP contribution in [0, 0.1) is 0 Å². The third-order valence-corrected chi connectivity index (χ3v) is 4.24. The van der Waals surface area contributed by atoms with Crippen molar-refractivity contribution in [3.05, 3.63) is 29.2 Å². The molecule has 1 aromatic rings. The summed E-state index contributed by atoms with van der Waals surface area (Å²) in [5, 5.41) is 1.31. The van der Waals surface area contributed by atoms with E-state index < -0.39 is 9.84 Å². The van der Waals surface area contributed by atoms with Crippen LogP contribution in [0.25, 0.3) is 5.57 Å². The molecule has 92 valence electrons. The average Bonchev–Trinajstić information content (AvgIpc) is 2.49. The van der Waals surface area contributed by atoms with Crippen molar-refractivity contribution >= 4 is 15.4 Å². The number of nitrogens with two attached hydrogens (primary N) is 1. The minimum atomic E-state index is -3.30. The Balaban J connectivity index is 2.54. The Morgan fingerprint density at radius 2 is 2.12 bits per heavy atom. The number of benzene rings is 1. The quantitative estimate of drug-likeness (QED) is 0.887. The number of rotatable bonds is 3. The van der Waals surface area contributed by atoms with Gasteiger partial charge in [-0.2, -0.15) is 0 Å². The first-order chi connectivity index (χ1) is 7.94. The molecule has 0 radical (unpaired) electrons. The molecule has 17 heavy (non-hydrogen) atoms. The zero-order valence-electron chi connectivity index (χ0n) is 9.80. The smallest absolute Gasteiger partial charge is 0.200 e. The van der Waals surface area contributed by atoms with Crippen LogP contribution in [0.1, 0.15) is 18.9 Å². The summed E-state index contributed by atoms with van der Waals surface area (Å²) in [6.07, 6.45) is 0.541. The topological polar surface area (TPSA) is 69.4 Å². The Kier molecular flexibility index (Phi) is 2.97. The van der Waals surface area contributed by atoms with Gasteiger partial charge in [-0.15, -0.1) is 0 Å². The molecule has 1 unspecified atom stereocenters. The van der Waals surface area contributed by atoms with Gasteiger partial charge in [0.15, 0.2) is 0 Å². The molecular weight excluding hydrogens is 238 g/mol. The molecule has 1 aromatic carbocycles. The summed E-state index contributed by atoms with van der Waals surface area (Å²) in [6, 6.07) is 4.90. The number of ether oxygens (including phenoxy) is 1. The van der Waals surface area contributed by atoms with Crippen molar-refractivity contribution in [1.82, 2.24) is 0 Å². The third kappa shape index (κ3) is 2.21. The van der Waals surface area contributed by atoms with Crippen molar-refractivity contribution in [3.63, 3.8) is 0 Å². The van der Waals surface area contributed by atoms with E-state index in [1.165, 1.54) is 5.41 Å². The van der Waals surface area contributed by atoms with E-state index in [4.69, 9.17) is 10.5 Å². The van der Waals surface area contributed by atoms with Crippen LogP contribution in [0.4, 0.5) is 0 Å². The Labute approximate surface area is 101 Å². The Morgan fingerprint density at radius 3 is 2.71 bits per heavy atom. The Hall–Kier alpha value is -1.33. The number of fused-ring (bicyclic) bond motifs is 1. The molecule has 0 saturated heterocycles. The van der Waals surface area contributed by atoms with Gasteiger partial charge in [-0.05, 0) is 37.1 Å². The SMILES string of the molecule is COc1ccc2c(c1)C(CC(C)N)=CS2(=O)=O. The van der Waals surface area contributed by atoms with E-state index in [9.17, 15) is 8.42 Å². The highest BCUT2D eigenvalue weighted by Crippen LogP contribution is 2.37. The lowest BCUT2D eigenvalue weighted by Crippen LogP contribution is -2.14. The van der Waals surface area contributed by atoms with Crippen LogP contribution in [-0.2, 0) is 9.84 Å². The maximum absolute atomic E-state index is 11.9. The third-order valence-electron chi connectivity index (χ3n) is 2.68. The van der Waals surface area contributed by atoms with Crippen LogP contribution in [0.2, 0.25) is 0 Å². The maximum Gasteiger partial charge on any atom is 0.200 e. The van der Waals surface area contributed by atoms with Crippen LogP contribution in [0.3, 0.4) is 0 Å².